The van der Waals surface area contributed by atoms with Crippen molar-refractivity contribution >= 4 is 24.0 Å². The number of hydrogen-bond acceptors (Lipinski definition) is 3. The van der Waals surface area contributed by atoms with Crippen molar-refractivity contribution in [3.8, 4) is 0 Å². The van der Waals surface area contributed by atoms with Gasteiger partial charge in [0, 0.05) is 6.20 Å². The number of nitrogens with zero attached hydrogens (tertiary/aromatic N) is 2. The van der Waals surface area contributed by atoms with E-state index >= 15 is 0 Å². The molecule has 0 unspecified atom stereocenters. The molecule has 3 N–H and O–H groups in total. The van der Waals surface area contributed by atoms with Gasteiger partial charge in [0.2, 0.25) is 5.91 Å². The van der Waals surface area contributed by atoms with E-state index in [4.69, 9.17) is 5.73 Å². The Hall–Kier alpha value is -1.21. The van der Waals surface area contributed by atoms with E-state index in [9.17, 15) is 13.6 Å². The number of alkyl halides is 2. The van der Waals surface area contributed by atoms with Gasteiger partial charge in [-0.15, -0.1) is 12.4 Å². The summed E-state index contributed by atoms with van der Waals surface area (Å²) in [6, 6.07) is -0.650. The van der Waals surface area contributed by atoms with Gasteiger partial charge in [-0.2, -0.15) is 5.10 Å². The molecule has 1 aromatic rings. The van der Waals surface area contributed by atoms with Crippen LogP contribution in [0.2, 0.25) is 0 Å². The van der Waals surface area contributed by atoms with Crippen LogP contribution < -0.4 is 11.1 Å². The molecule has 0 aliphatic heterocycles. The fourth-order valence-corrected chi connectivity index (χ4v) is 0.925. The number of amides is 1. The van der Waals surface area contributed by atoms with Crippen molar-refractivity contribution < 1.29 is 13.6 Å². The maximum atomic E-state index is 12.0. The van der Waals surface area contributed by atoms with E-state index in [1.54, 1.807) is 0 Å². The zero-order valence-corrected chi connectivity index (χ0v) is 9.38. The number of aromatic nitrogens is 2. The molecular formula is C8H13ClF2N4O. The van der Waals surface area contributed by atoms with Gasteiger partial charge in [-0.1, -0.05) is 0 Å². The first-order chi connectivity index (χ1) is 6.99. The smallest absolute Gasteiger partial charge is 0.257 e. The first-order valence-corrected chi connectivity index (χ1v) is 4.36. The van der Waals surface area contributed by atoms with Gasteiger partial charge in [0.15, 0.2) is 0 Å². The highest BCUT2D eigenvalue weighted by atomic mass is 35.5. The SMILES string of the molecule is C[C@@H](N)C(=O)Nc1cnn(CC(F)F)c1.Cl. The number of carbonyl (C=O) groups is 1. The predicted molar refractivity (Wildman–Crippen MR) is 57.8 cm³/mol. The van der Waals surface area contributed by atoms with E-state index in [2.05, 4.69) is 10.4 Å². The van der Waals surface area contributed by atoms with Crippen molar-refractivity contribution in [1.29, 1.82) is 0 Å². The molecule has 1 rings (SSSR count). The van der Waals surface area contributed by atoms with Gasteiger partial charge in [-0.25, -0.2) is 8.78 Å². The molecule has 0 radical (unpaired) electrons. The van der Waals surface area contributed by atoms with E-state index in [1.807, 2.05) is 0 Å². The summed E-state index contributed by atoms with van der Waals surface area (Å²) in [4.78, 5) is 11.1. The van der Waals surface area contributed by atoms with Crippen LogP contribution in [0.25, 0.3) is 0 Å². The van der Waals surface area contributed by atoms with Crippen molar-refractivity contribution in [3.63, 3.8) is 0 Å². The van der Waals surface area contributed by atoms with Crippen molar-refractivity contribution in [2.75, 3.05) is 5.32 Å². The van der Waals surface area contributed by atoms with Crippen LogP contribution in [0.1, 0.15) is 6.92 Å². The van der Waals surface area contributed by atoms with Gasteiger partial charge in [0.25, 0.3) is 6.43 Å². The fourth-order valence-electron chi connectivity index (χ4n) is 0.925. The van der Waals surface area contributed by atoms with Gasteiger partial charge in [-0.05, 0) is 6.92 Å². The molecule has 92 valence electrons. The summed E-state index contributed by atoms with van der Waals surface area (Å²) >= 11 is 0. The van der Waals surface area contributed by atoms with Gasteiger partial charge in [0.1, 0.15) is 6.54 Å². The van der Waals surface area contributed by atoms with Crippen LogP contribution in [0.5, 0.6) is 0 Å². The van der Waals surface area contributed by atoms with E-state index in [-0.39, 0.29) is 18.3 Å². The molecule has 1 heterocycles. The zero-order valence-electron chi connectivity index (χ0n) is 8.56. The van der Waals surface area contributed by atoms with Gasteiger partial charge in [-0.3, -0.25) is 9.48 Å². The maximum Gasteiger partial charge on any atom is 0.257 e. The number of nitrogens with two attached hydrogens (primary N) is 1. The first kappa shape index (κ1) is 14.8. The number of carbonyl (C=O) groups excluding carboxylic acids is 1. The van der Waals surface area contributed by atoms with E-state index in [0.717, 1.165) is 4.68 Å². The minimum absolute atomic E-state index is 0. The zero-order chi connectivity index (χ0) is 11.4. The minimum Gasteiger partial charge on any atom is -0.322 e. The Morgan fingerprint density at radius 3 is 2.81 bits per heavy atom. The molecule has 0 saturated carbocycles. The van der Waals surface area contributed by atoms with Gasteiger partial charge >= 0.3 is 0 Å². The molecule has 0 fully saturated rings. The van der Waals surface area contributed by atoms with Gasteiger partial charge in [0.05, 0.1) is 17.9 Å². The molecule has 1 aromatic heterocycles. The largest absolute Gasteiger partial charge is 0.322 e. The molecule has 0 saturated heterocycles. The highest BCUT2D eigenvalue weighted by Gasteiger charge is 2.10. The van der Waals surface area contributed by atoms with Crippen molar-refractivity contribution in [2.24, 2.45) is 5.73 Å². The molecule has 0 aliphatic carbocycles. The summed E-state index contributed by atoms with van der Waals surface area (Å²) < 4.78 is 25.0. The van der Waals surface area contributed by atoms with Crippen LogP contribution in [0, 0.1) is 0 Å². The van der Waals surface area contributed by atoms with Crippen LogP contribution in [-0.2, 0) is 11.3 Å². The highest BCUT2D eigenvalue weighted by molar-refractivity contribution is 5.94. The number of rotatable bonds is 4. The lowest BCUT2D eigenvalue weighted by Gasteiger charge is -2.04. The second-order valence-corrected chi connectivity index (χ2v) is 3.12. The van der Waals surface area contributed by atoms with E-state index in [0.29, 0.717) is 5.69 Å². The molecule has 5 nitrogen and oxygen atoms in total. The summed E-state index contributed by atoms with van der Waals surface area (Å²) in [6.07, 6.45) is 0.150. The molecule has 0 bridgehead atoms. The normalized spacial score (nSPS) is 12.1. The second-order valence-electron chi connectivity index (χ2n) is 3.12. The number of hydrogen-bond donors (Lipinski definition) is 2. The molecule has 1 amide bonds. The molecule has 8 heteroatoms. The third-order valence-corrected chi connectivity index (χ3v) is 1.64. The number of nitrogens with one attached hydrogen (secondary N) is 1. The maximum absolute atomic E-state index is 12.0. The summed E-state index contributed by atoms with van der Waals surface area (Å²) in [5, 5.41) is 6.09. The third-order valence-electron chi connectivity index (χ3n) is 1.64. The second kappa shape index (κ2) is 6.39. The first-order valence-electron chi connectivity index (χ1n) is 4.36. The van der Waals surface area contributed by atoms with Crippen LogP contribution in [0.3, 0.4) is 0 Å². The Morgan fingerprint density at radius 1 is 1.69 bits per heavy atom. The van der Waals surface area contributed by atoms with Crippen LogP contribution in [0.4, 0.5) is 14.5 Å². The van der Waals surface area contributed by atoms with Gasteiger partial charge < -0.3 is 11.1 Å². The highest BCUT2D eigenvalue weighted by Crippen LogP contribution is 2.06. The standard InChI is InChI=1S/C8H12F2N4O.ClH/c1-5(11)8(15)13-6-2-12-14(3-6)4-7(9)10;/h2-3,5,7H,4,11H2,1H3,(H,13,15);1H/t5-;/m1./s1. The Balaban J connectivity index is 0.00000225. The Kier molecular flexibility index (Phi) is 5.91. The third kappa shape index (κ3) is 4.54. The monoisotopic (exact) mass is 254 g/mol. The van der Waals surface area contributed by atoms with Crippen LogP contribution >= 0.6 is 12.4 Å². The predicted octanol–water partition coefficient (Wildman–Crippen LogP) is 0.856. The minimum atomic E-state index is -2.47. The van der Waals surface area contributed by atoms with E-state index < -0.39 is 19.0 Å². The fraction of sp³-hybridized carbons (Fsp3) is 0.500. The molecule has 0 spiro atoms. The van der Waals surface area contributed by atoms with Crippen molar-refractivity contribution in [2.45, 2.75) is 25.9 Å². The molecule has 1 atom stereocenters. The Labute approximate surface area is 97.4 Å². The number of anilines is 1. The molecule has 16 heavy (non-hydrogen) atoms. The summed E-state index contributed by atoms with van der Waals surface area (Å²) in [5.74, 6) is -0.383. The summed E-state index contributed by atoms with van der Waals surface area (Å²) in [6.45, 7) is 1.03. The average molecular weight is 255 g/mol. The van der Waals surface area contributed by atoms with Crippen LogP contribution in [0.15, 0.2) is 12.4 Å². The average Bonchev–Trinajstić information content (AvgIpc) is 2.51. The Bertz CT molecular complexity index is 343. The Morgan fingerprint density at radius 2 is 2.31 bits per heavy atom. The summed E-state index contributed by atoms with van der Waals surface area (Å²) in [5.41, 5.74) is 5.67. The number of halogens is 3. The summed E-state index contributed by atoms with van der Waals surface area (Å²) in [7, 11) is 0. The molecule has 0 aliphatic rings. The lowest BCUT2D eigenvalue weighted by Crippen LogP contribution is -2.32. The molecule has 0 aromatic carbocycles. The van der Waals surface area contributed by atoms with Crippen molar-refractivity contribution in [3.05, 3.63) is 12.4 Å². The molecular weight excluding hydrogens is 242 g/mol. The van der Waals surface area contributed by atoms with Crippen molar-refractivity contribution in [1.82, 2.24) is 9.78 Å². The lowest BCUT2D eigenvalue weighted by atomic mass is 10.3. The quantitative estimate of drug-likeness (QED) is 0.837. The lowest BCUT2D eigenvalue weighted by molar-refractivity contribution is -0.117. The van der Waals surface area contributed by atoms with E-state index in [1.165, 1.54) is 19.3 Å². The van der Waals surface area contributed by atoms with Crippen LogP contribution in [-0.4, -0.2) is 28.2 Å². The topological polar surface area (TPSA) is 72.9 Å².